The number of thiophene rings is 2. The van der Waals surface area contributed by atoms with Crippen molar-refractivity contribution in [1.82, 2.24) is 0 Å². The van der Waals surface area contributed by atoms with E-state index in [1.165, 1.54) is 41.8 Å². The SMILES string of the molecule is CC(=O)CCc1ccc(N(C)c2ccc(-c3ccc(C4=NC5SC(c6ccc(-c7ccc(N(C)c8ccc(CCC(C)=O)cc8)cc7)s6)=NC5S4)s3)cc2)cc1. The Bertz CT molecular complexity index is 2240. The van der Waals surface area contributed by atoms with Gasteiger partial charge in [-0.05, 0) is 122 Å². The van der Waals surface area contributed by atoms with Crippen LogP contribution in [0.4, 0.5) is 22.7 Å². The average Bonchev–Trinajstić information content (AvgIpc) is 4.04. The number of fused-ring (bicyclic) bond motifs is 1. The molecule has 4 heterocycles. The molecule has 2 unspecified atom stereocenters. The number of ketones is 2. The first-order chi connectivity index (χ1) is 27.2. The van der Waals surface area contributed by atoms with Gasteiger partial charge in [0.25, 0.3) is 0 Å². The minimum Gasteiger partial charge on any atom is -0.345 e. The Morgan fingerprint density at radius 1 is 0.482 bits per heavy atom. The van der Waals surface area contributed by atoms with Crippen molar-refractivity contribution >= 4 is 90.6 Å². The predicted octanol–water partition coefficient (Wildman–Crippen LogP) is 12.1. The van der Waals surface area contributed by atoms with Crippen LogP contribution in [0.25, 0.3) is 20.9 Å². The molecule has 2 aromatic heterocycles. The summed E-state index contributed by atoms with van der Waals surface area (Å²) in [7, 11) is 4.17. The lowest BCUT2D eigenvalue weighted by Gasteiger charge is -2.20. The zero-order valence-corrected chi connectivity index (χ0v) is 35.0. The third kappa shape index (κ3) is 8.64. The van der Waals surface area contributed by atoms with Crippen molar-refractivity contribution in [1.29, 1.82) is 0 Å². The molecule has 0 saturated heterocycles. The van der Waals surface area contributed by atoms with Gasteiger partial charge in [-0.25, -0.2) is 0 Å². The van der Waals surface area contributed by atoms with E-state index in [4.69, 9.17) is 9.98 Å². The fraction of sp³-hybridized carbons (Fsp3) is 0.217. The summed E-state index contributed by atoms with van der Waals surface area (Å²) < 4.78 is 0. The van der Waals surface area contributed by atoms with Crippen LogP contribution in [0.3, 0.4) is 0 Å². The second kappa shape index (κ2) is 16.8. The minimum absolute atomic E-state index is 0.0946. The monoisotopic (exact) mass is 810 g/mol. The van der Waals surface area contributed by atoms with Crippen molar-refractivity contribution < 1.29 is 9.59 Å². The normalized spacial score (nSPS) is 16.0. The third-order valence-electron chi connectivity index (χ3n) is 10.1. The van der Waals surface area contributed by atoms with E-state index < -0.39 is 0 Å². The lowest BCUT2D eigenvalue weighted by molar-refractivity contribution is -0.117. The largest absolute Gasteiger partial charge is 0.345 e. The quantitative estimate of drug-likeness (QED) is 0.109. The number of hydrogen-bond donors (Lipinski definition) is 0. The molecule has 0 N–H and O–H groups in total. The van der Waals surface area contributed by atoms with Gasteiger partial charge in [0.1, 0.15) is 32.4 Å². The van der Waals surface area contributed by atoms with Gasteiger partial charge in [-0.15, -0.1) is 22.7 Å². The van der Waals surface area contributed by atoms with Crippen molar-refractivity contribution in [2.75, 3.05) is 23.9 Å². The van der Waals surface area contributed by atoms with Gasteiger partial charge >= 0.3 is 0 Å². The lowest BCUT2D eigenvalue weighted by Crippen LogP contribution is -2.09. The highest BCUT2D eigenvalue weighted by Gasteiger charge is 2.38. The van der Waals surface area contributed by atoms with E-state index in [2.05, 4.69) is 145 Å². The molecule has 56 heavy (non-hydrogen) atoms. The maximum absolute atomic E-state index is 11.3. The number of aliphatic imine (C=N–C) groups is 2. The summed E-state index contributed by atoms with van der Waals surface area (Å²) in [5, 5.41) is 2.35. The fourth-order valence-electron chi connectivity index (χ4n) is 6.69. The highest BCUT2D eigenvalue weighted by molar-refractivity contribution is 8.20. The molecule has 8 rings (SSSR count). The van der Waals surface area contributed by atoms with E-state index >= 15 is 0 Å². The molecule has 0 radical (unpaired) electrons. The number of aryl methyl sites for hydroxylation is 2. The molecule has 2 atom stereocenters. The number of thioether (sulfide) groups is 2. The Balaban J connectivity index is 0.858. The number of carbonyl (C=O) groups is 2. The Kier molecular flexibility index (Phi) is 11.4. The molecular formula is C46H42N4O2S4. The molecule has 2 aliphatic heterocycles. The first-order valence-corrected chi connectivity index (χ1v) is 22.1. The molecule has 0 aliphatic carbocycles. The Labute approximate surface area is 345 Å². The standard InChI is InChI=1S/C46H42N4O2S4/c1-29(51)5-7-31-9-17-35(18-10-31)49(3)37-21-13-33(14-22-37)39-25-27-41(53-39)43-47-45-46(55-43)48-44(56-45)42-28-26-40(54-42)34-15-23-38(24-16-34)50(4)36-19-11-32(12-20-36)8-6-30(2)52/h9-28,45-46H,5-8H2,1-4H3. The number of hydrogen-bond acceptors (Lipinski definition) is 10. The van der Waals surface area contributed by atoms with Gasteiger partial charge in [0.15, 0.2) is 0 Å². The molecule has 10 heteroatoms. The predicted molar refractivity (Wildman–Crippen MR) is 242 cm³/mol. The maximum atomic E-state index is 11.3. The number of Topliss-reactive ketones (excluding diaryl/α,β-unsaturated/α-hetero) is 2. The molecule has 0 bridgehead atoms. The zero-order valence-electron chi connectivity index (χ0n) is 31.8. The molecule has 6 nitrogen and oxygen atoms in total. The van der Waals surface area contributed by atoms with Crippen molar-refractivity contribution in [2.45, 2.75) is 50.3 Å². The smallest absolute Gasteiger partial charge is 0.135 e. The van der Waals surface area contributed by atoms with Gasteiger partial charge in [-0.1, -0.05) is 72.1 Å². The number of benzene rings is 4. The van der Waals surface area contributed by atoms with E-state index in [0.29, 0.717) is 12.8 Å². The van der Waals surface area contributed by atoms with E-state index in [9.17, 15) is 9.59 Å². The highest BCUT2D eigenvalue weighted by atomic mass is 32.2. The number of rotatable bonds is 14. The zero-order chi connectivity index (χ0) is 38.8. The van der Waals surface area contributed by atoms with Crippen LogP contribution in [-0.2, 0) is 22.4 Å². The average molecular weight is 811 g/mol. The third-order valence-corrected chi connectivity index (χ3v) is 15.1. The van der Waals surface area contributed by atoms with Gasteiger partial charge in [-0.3, -0.25) is 9.98 Å². The van der Waals surface area contributed by atoms with Gasteiger partial charge in [-0.2, -0.15) is 0 Å². The summed E-state index contributed by atoms with van der Waals surface area (Å²) in [4.78, 5) is 42.2. The van der Waals surface area contributed by atoms with Gasteiger partial charge in [0.2, 0.25) is 0 Å². The molecule has 282 valence electrons. The molecule has 0 amide bonds. The van der Waals surface area contributed by atoms with Crippen LogP contribution < -0.4 is 9.80 Å². The van der Waals surface area contributed by atoms with Gasteiger partial charge < -0.3 is 19.4 Å². The minimum atomic E-state index is 0.0946. The summed E-state index contributed by atoms with van der Waals surface area (Å²) >= 11 is 7.12. The second-order valence-corrected chi connectivity index (χ2v) is 18.5. The molecule has 6 aromatic rings. The van der Waals surface area contributed by atoms with Crippen LogP contribution in [0.15, 0.2) is 131 Å². The van der Waals surface area contributed by atoms with E-state index in [-0.39, 0.29) is 22.3 Å². The molecular weight excluding hydrogens is 769 g/mol. The Morgan fingerprint density at radius 3 is 1.14 bits per heavy atom. The first kappa shape index (κ1) is 38.1. The number of carbonyl (C=O) groups excluding carboxylic acids is 2. The summed E-state index contributed by atoms with van der Waals surface area (Å²) in [5.41, 5.74) is 9.23. The lowest BCUT2D eigenvalue weighted by atomic mass is 10.1. The van der Waals surface area contributed by atoms with Crippen LogP contribution in [0.2, 0.25) is 0 Å². The van der Waals surface area contributed by atoms with Gasteiger partial charge in [0, 0.05) is 59.4 Å². The first-order valence-electron chi connectivity index (χ1n) is 18.7. The Morgan fingerprint density at radius 2 is 0.804 bits per heavy atom. The maximum Gasteiger partial charge on any atom is 0.135 e. The van der Waals surface area contributed by atoms with E-state index in [1.807, 2.05) is 0 Å². The van der Waals surface area contributed by atoms with Crippen molar-refractivity contribution in [2.24, 2.45) is 9.98 Å². The fourth-order valence-corrected chi connectivity index (χ4v) is 11.3. The molecule has 2 aliphatic rings. The number of anilines is 4. The van der Waals surface area contributed by atoms with Crippen LogP contribution in [0, 0.1) is 0 Å². The summed E-state index contributed by atoms with van der Waals surface area (Å²) in [5.74, 6) is 0.444. The Hall–Kier alpha value is -4.74. The second-order valence-electron chi connectivity index (χ2n) is 14.2. The topological polar surface area (TPSA) is 65.3 Å². The van der Waals surface area contributed by atoms with E-state index in [0.717, 1.165) is 45.7 Å². The van der Waals surface area contributed by atoms with Crippen LogP contribution in [0.5, 0.6) is 0 Å². The van der Waals surface area contributed by atoms with Crippen LogP contribution in [-0.4, -0.2) is 46.5 Å². The van der Waals surface area contributed by atoms with Crippen molar-refractivity contribution in [3.8, 4) is 20.9 Å². The summed E-state index contributed by atoms with van der Waals surface area (Å²) in [6.45, 7) is 3.29. The van der Waals surface area contributed by atoms with Crippen molar-refractivity contribution in [3.05, 3.63) is 142 Å². The van der Waals surface area contributed by atoms with Gasteiger partial charge in [0.05, 0.1) is 9.75 Å². The highest BCUT2D eigenvalue weighted by Crippen LogP contribution is 2.46. The van der Waals surface area contributed by atoms with Crippen molar-refractivity contribution in [3.63, 3.8) is 0 Å². The molecule has 0 spiro atoms. The summed E-state index contributed by atoms with van der Waals surface area (Å²) in [6.07, 6.45) is 2.73. The summed E-state index contributed by atoms with van der Waals surface area (Å²) in [6, 6.07) is 43.2. The molecule has 4 aromatic carbocycles. The molecule has 0 saturated carbocycles. The van der Waals surface area contributed by atoms with E-state index in [1.54, 1.807) is 60.0 Å². The molecule has 0 fully saturated rings. The number of nitrogens with zero attached hydrogens (tertiary/aromatic N) is 4. The van der Waals surface area contributed by atoms with Crippen LogP contribution >= 0.6 is 46.2 Å². The van der Waals surface area contributed by atoms with Crippen LogP contribution in [0.1, 0.15) is 47.6 Å².